The van der Waals surface area contributed by atoms with Crippen molar-refractivity contribution in [1.29, 1.82) is 0 Å². The molecule has 0 aliphatic heterocycles. The van der Waals surface area contributed by atoms with Gasteiger partial charge in [0.2, 0.25) is 0 Å². The molecule has 0 heterocycles. The van der Waals surface area contributed by atoms with Crippen LogP contribution in [0.3, 0.4) is 0 Å². The van der Waals surface area contributed by atoms with Crippen LogP contribution in [0.2, 0.25) is 0 Å². The van der Waals surface area contributed by atoms with E-state index >= 15 is 0 Å². The molecule has 0 aliphatic rings. The highest BCUT2D eigenvalue weighted by Crippen LogP contribution is 2.18. The first-order chi connectivity index (χ1) is 8.69. The van der Waals surface area contributed by atoms with Crippen molar-refractivity contribution >= 4 is 17.3 Å². The predicted octanol–water partition coefficient (Wildman–Crippen LogP) is 3.11. The number of anilines is 2. The van der Waals surface area contributed by atoms with Crippen LogP contribution >= 0.6 is 0 Å². The molecule has 0 aromatic heterocycles. The molecule has 88 valence electrons. The third-order valence-corrected chi connectivity index (χ3v) is 2.45. The zero-order valence-electron chi connectivity index (χ0n) is 9.55. The van der Waals surface area contributed by atoms with Crippen LogP contribution in [0.1, 0.15) is 15.9 Å². The third kappa shape index (κ3) is 2.69. The summed E-state index contributed by atoms with van der Waals surface area (Å²) in [6.07, 6.45) is 5.32. The minimum absolute atomic E-state index is 0.262. The number of carboxylic acid groups (broad SMARTS) is 1. The van der Waals surface area contributed by atoms with E-state index in [9.17, 15) is 4.79 Å². The van der Waals surface area contributed by atoms with Crippen molar-refractivity contribution in [2.75, 3.05) is 5.32 Å². The number of terminal acetylenes is 1. The number of aromatic carboxylic acids is 1. The molecule has 0 atom stereocenters. The molecule has 0 saturated heterocycles. The van der Waals surface area contributed by atoms with E-state index in [0.29, 0.717) is 0 Å². The molecule has 2 aromatic rings. The number of nitrogens with one attached hydrogen (secondary N) is 1. The van der Waals surface area contributed by atoms with E-state index in [1.165, 1.54) is 0 Å². The van der Waals surface area contributed by atoms with Crippen molar-refractivity contribution in [2.45, 2.75) is 0 Å². The number of carbonyl (C=O) groups is 1. The van der Waals surface area contributed by atoms with Crippen LogP contribution in [0, 0.1) is 12.3 Å². The second-order valence-corrected chi connectivity index (χ2v) is 3.73. The Morgan fingerprint density at radius 1 is 1.11 bits per heavy atom. The summed E-state index contributed by atoms with van der Waals surface area (Å²) in [4.78, 5) is 10.7. The van der Waals surface area contributed by atoms with Crippen LogP contribution in [-0.4, -0.2) is 11.1 Å². The molecular formula is C15H11NO2. The summed E-state index contributed by atoms with van der Waals surface area (Å²) in [5, 5.41) is 11.9. The fraction of sp³-hybridized carbons (Fsp3) is 0. The van der Waals surface area contributed by atoms with Gasteiger partial charge in [-0.05, 0) is 42.5 Å². The van der Waals surface area contributed by atoms with Crippen LogP contribution < -0.4 is 5.32 Å². The minimum Gasteiger partial charge on any atom is -0.478 e. The lowest BCUT2D eigenvalue weighted by Crippen LogP contribution is -1.96. The second kappa shape index (κ2) is 5.07. The largest absolute Gasteiger partial charge is 0.478 e. The van der Waals surface area contributed by atoms with Crippen LogP contribution in [0.5, 0.6) is 0 Å². The lowest BCUT2D eigenvalue weighted by atomic mass is 10.2. The SMILES string of the molecule is C#Cc1cccc(Nc2ccc(C(=O)O)cc2)c1. The average Bonchev–Trinajstić information content (AvgIpc) is 2.39. The number of hydrogen-bond donors (Lipinski definition) is 2. The maximum atomic E-state index is 10.7. The molecule has 18 heavy (non-hydrogen) atoms. The molecule has 0 bridgehead atoms. The summed E-state index contributed by atoms with van der Waals surface area (Å²) >= 11 is 0. The predicted molar refractivity (Wildman–Crippen MR) is 71.1 cm³/mol. The maximum absolute atomic E-state index is 10.7. The monoisotopic (exact) mass is 237 g/mol. The van der Waals surface area contributed by atoms with Gasteiger partial charge in [-0.1, -0.05) is 12.0 Å². The molecule has 0 amide bonds. The molecule has 0 unspecified atom stereocenters. The van der Waals surface area contributed by atoms with Crippen LogP contribution in [0.15, 0.2) is 48.5 Å². The quantitative estimate of drug-likeness (QED) is 0.806. The Hall–Kier alpha value is -2.73. The lowest BCUT2D eigenvalue weighted by molar-refractivity contribution is 0.0697. The Bertz CT molecular complexity index is 609. The van der Waals surface area contributed by atoms with Crippen LogP contribution in [0.25, 0.3) is 0 Å². The molecule has 2 aromatic carbocycles. The summed E-state index contributed by atoms with van der Waals surface area (Å²) in [5.74, 6) is 1.63. The van der Waals surface area contributed by atoms with Crippen molar-refractivity contribution in [3.63, 3.8) is 0 Å². The summed E-state index contributed by atoms with van der Waals surface area (Å²) in [6, 6.07) is 14.0. The van der Waals surface area contributed by atoms with Crippen molar-refractivity contribution in [3.05, 3.63) is 59.7 Å². The zero-order chi connectivity index (χ0) is 13.0. The number of carboxylic acids is 1. The van der Waals surface area contributed by atoms with Gasteiger partial charge in [-0.3, -0.25) is 0 Å². The molecule has 0 spiro atoms. The smallest absolute Gasteiger partial charge is 0.335 e. The zero-order valence-corrected chi connectivity index (χ0v) is 9.55. The molecule has 0 fully saturated rings. The van der Waals surface area contributed by atoms with E-state index < -0.39 is 5.97 Å². The van der Waals surface area contributed by atoms with E-state index in [1.54, 1.807) is 24.3 Å². The fourth-order valence-electron chi connectivity index (χ4n) is 1.55. The van der Waals surface area contributed by atoms with E-state index in [2.05, 4.69) is 11.2 Å². The van der Waals surface area contributed by atoms with Crippen LogP contribution in [-0.2, 0) is 0 Å². The third-order valence-electron chi connectivity index (χ3n) is 2.45. The molecule has 3 heteroatoms. The van der Waals surface area contributed by atoms with Crippen molar-refractivity contribution < 1.29 is 9.90 Å². The van der Waals surface area contributed by atoms with Gasteiger partial charge in [0.05, 0.1) is 5.56 Å². The Morgan fingerprint density at radius 3 is 2.44 bits per heavy atom. The Balaban J connectivity index is 2.18. The van der Waals surface area contributed by atoms with Gasteiger partial charge in [0.15, 0.2) is 0 Å². The molecule has 0 radical (unpaired) electrons. The summed E-state index contributed by atoms with van der Waals surface area (Å²) in [7, 11) is 0. The highest BCUT2D eigenvalue weighted by Gasteiger charge is 2.01. The molecule has 2 rings (SSSR count). The standard InChI is InChI=1S/C15H11NO2/c1-2-11-4-3-5-14(10-11)16-13-8-6-12(7-9-13)15(17)18/h1,3-10,16H,(H,17,18). The first-order valence-corrected chi connectivity index (χ1v) is 5.36. The van der Waals surface area contributed by atoms with Gasteiger partial charge in [0, 0.05) is 16.9 Å². The molecular weight excluding hydrogens is 226 g/mol. The maximum Gasteiger partial charge on any atom is 0.335 e. The second-order valence-electron chi connectivity index (χ2n) is 3.73. The van der Waals surface area contributed by atoms with Crippen LogP contribution in [0.4, 0.5) is 11.4 Å². The van der Waals surface area contributed by atoms with E-state index in [4.69, 9.17) is 11.5 Å². The summed E-state index contributed by atoms with van der Waals surface area (Å²) < 4.78 is 0. The highest BCUT2D eigenvalue weighted by atomic mass is 16.4. The lowest BCUT2D eigenvalue weighted by Gasteiger charge is -2.07. The minimum atomic E-state index is -0.934. The number of benzene rings is 2. The first kappa shape index (κ1) is 11.7. The van der Waals surface area contributed by atoms with Gasteiger partial charge in [-0.15, -0.1) is 6.42 Å². The highest BCUT2D eigenvalue weighted by molar-refractivity contribution is 5.88. The Labute approximate surface area is 105 Å². The van der Waals surface area contributed by atoms with Gasteiger partial charge in [0.25, 0.3) is 0 Å². The Morgan fingerprint density at radius 2 is 1.83 bits per heavy atom. The van der Waals surface area contributed by atoms with E-state index in [0.717, 1.165) is 16.9 Å². The van der Waals surface area contributed by atoms with E-state index in [1.807, 2.05) is 24.3 Å². The number of rotatable bonds is 3. The average molecular weight is 237 g/mol. The molecule has 0 saturated carbocycles. The van der Waals surface area contributed by atoms with Crippen molar-refractivity contribution in [3.8, 4) is 12.3 Å². The molecule has 0 aliphatic carbocycles. The summed E-state index contributed by atoms with van der Waals surface area (Å²) in [6.45, 7) is 0. The molecule has 2 N–H and O–H groups in total. The Kier molecular flexibility index (Phi) is 3.31. The molecule has 3 nitrogen and oxygen atoms in total. The van der Waals surface area contributed by atoms with Gasteiger partial charge in [-0.25, -0.2) is 4.79 Å². The summed E-state index contributed by atoms with van der Waals surface area (Å²) in [5.41, 5.74) is 2.74. The first-order valence-electron chi connectivity index (χ1n) is 5.36. The van der Waals surface area contributed by atoms with Crippen molar-refractivity contribution in [1.82, 2.24) is 0 Å². The van der Waals surface area contributed by atoms with Crippen molar-refractivity contribution in [2.24, 2.45) is 0 Å². The fourth-order valence-corrected chi connectivity index (χ4v) is 1.55. The van der Waals surface area contributed by atoms with Gasteiger partial charge < -0.3 is 10.4 Å². The van der Waals surface area contributed by atoms with E-state index in [-0.39, 0.29) is 5.56 Å². The number of hydrogen-bond acceptors (Lipinski definition) is 2. The van der Waals surface area contributed by atoms with Gasteiger partial charge in [-0.2, -0.15) is 0 Å². The normalized spacial score (nSPS) is 9.50. The topological polar surface area (TPSA) is 49.3 Å². The van der Waals surface area contributed by atoms with Gasteiger partial charge >= 0.3 is 5.97 Å². The van der Waals surface area contributed by atoms with Gasteiger partial charge in [0.1, 0.15) is 0 Å².